The van der Waals surface area contributed by atoms with Gasteiger partial charge in [-0.1, -0.05) is 25.1 Å². The molecule has 2 amide bonds. The van der Waals surface area contributed by atoms with Crippen molar-refractivity contribution in [1.82, 2.24) is 4.90 Å². The molecule has 1 atom stereocenters. The predicted octanol–water partition coefficient (Wildman–Crippen LogP) is 2.62. The fraction of sp³-hybridized carbons (Fsp3) is 0.333. The zero-order valence-electron chi connectivity index (χ0n) is 14.0. The van der Waals surface area contributed by atoms with Gasteiger partial charge in [-0.25, -0.2) is 0 Å². The van der Waals surface area contributed by atoms with Crippen molar-refractivity contribution in [3.05, 3.63) is 54.0 Å². The number of carbonyl (C=O) groups excluding carboxylic acids is 2. The number of nitrogens with zero attached hydrogens (tertiary/aromatic N) is 1. The fourth-order valence-corrected chi connectivity index (χ4v) is 2.39. The number of nitrogens with two attached hydrogens (primary N) is 1. The van der Waals surface area contributed by atoms with Crippen LogP contribution >= 0.6 is 0 Å². The van der Waals surface area contributed by atoms with Crippen LogP contribution in [0, 0.1) is 0 Å². The first-order valence-electron chi connectivity index (χ1n) is 8.01. The van der Waals surface area contributed by atoms with Crippen LogP contribution in [-0.2, 0) is 11.3 Å². The highest BCUT2D eigenvalue weighted by molar-refractivity contribution is 6.00. The van der Waals surface area contributed by atoms with Crippen LogP contribution in [0.5, 0.6) is 0 Å². The van der Waals surface area contributed by atoms with Crippen LogP contribution < -0.4 is 11.1 Å². The number of nitrogens with one attached hydrogen (secondary N) is 1. The van der Waals surface area contributed by atoms with E-state index in [4.69, 9.17) is 10.2 Å². The number of benzene rings is 1. The topological polar surface area (TPSA) is 88.6 Å². The normalized spacial score (nSPS) is 11.8. The Morgan fingerprint density at radius 3 is 2.58 bits per heavy atom. The monoisotopic (exact) mass is 329 g/mol. The second-order valence-corrected chi connectivity index (χ2v) is 5.54. The average molecular weight is 329 g/mol. The average Bonchev–Trinajstić information content (AvgIpc) is 3.08. The third kappa shape index (κ3) is 4.23. The number of furan rings is 1. The maximum absolute atomic E-state index is 12.7. The molecule has 0 spiro atoms. The van der Waals surface area contributed by atoms with Gasteiger partial charge in [-0.05, 0) is 31.5 Å². The van der Waals surface area contributed by atoms with E-state index in [0.717, 1.165) is 6.42 Å². The zero-order valence-corrected chi connectivity index (χ0v) is 14.0. The van der Waals surface area contributed by atoms with Crippen molar-refractivity contribution in [3.8, 4) is 0 Å². The summed E-state index contributed by atoms with van der Waals surface area (Å²) in [6.07, 6.45) is 2.13. The van der Waals surface area contributed by atoms with Gasteiger partial charge in [-0.15, -0.1) is 0 Å². The highest BCUT2D eigenvalue weighted by atomic mass is 16.3. The van der Waals surface area contributed by atoms with E-state index >= 15 is 0 Å². The number of hydrogen-bond acceptors (Lipinski definition) is 4. The lowest BCUT2D eigenvalue weighted by atomic mass is 10.2. The third-order valence-corrected chi connectivity index (χ3v) is 3.72. The van der Waals surface area contributed by atoms with Crippen molar-refractivity contribution in [1.29, 1.82) is 0 Å². The highest BCUT2D eigenvalue weighted by Crippen LogP contribution is 2.15. The van der Waals surface area contributed by atoms with Gasteiger partial charge in [0.15, 0.2) is 0 Å². The van der Waals surface area contributed by atoms with E-state index in [1.165, 1.54) is 6.26 Å². The van der Waals surface area contributed by atoms with Gasteiger partial charge in [0, 0.05) is 12.2 Å². The molecule has 0 saturated heterocycles. The van der Waals surface area contributed by atoms with Crippen molar-refractivity contribution in [2.45, 2.75) is 32.9 Å². The quantitative estimate of drug-likeness (QED) is 0.817. The van der Waals surface area contributed by atoms with Crippen molar-refractivity contribution in [3.63, 3.8) is 0 Å². The summed E-state index contributed by atoms with van der Waals surface area (Å²) in [7, 11) is 0. The minimum Gasteiger partial charge on any atom is -0.467 e. The summed E-state index contributed by atoms with van der Waals surface area (Å²) < 4.78 is 5.23. The third-order valence-electron chi connectivity index (χ3n) is 3.72. The van der Waals surface area contributed by atoms with E-state index in [0.29, 0.717) is 23.6 Å². The molecule has 1 aromatic carbocycles. The van der Waals surface area contributed by atoms with Crippen molar-refractivity contribution >= 4 is 17.5 Å². The molecule has 0 fully saturated rings. The Kier molecular flexibility index (Phi) is 6.14. The minimum absolute atomic E-state index is 0.227. The molecule has 0 bridgehead atoms. The molecular formula is C18H23N3O3. The van der Waals surface area contributed by atoms with Gasteiger partial charge < -0.3 is 20.4 Å². The largest absolute Gasteiger partial charge is 0.467 e. The van der Waals surface area contributed by atoms with Gasteiger partial charge in [0.05, 0.1) is 12.1 Å². The van der Waals surface area contributed by atoms with Gasteiger partial charge in [0.2, 0.25) is 5.91 Å². The molecule has 1 unspecified atom stereocenters. The number of amides is 2. The molecule has 0 aliphatic rings. The summed E-state index contributed by atoms with van der Waals surface area (Å²) in [4.78, 5) is 26.7. The van der Waals surface area contributed by atoms with E-state index < -0.39 is 6.04 Å². The van der Waals surface area contributed by atoms with Crippen molar-refractivity contribution in [2.24, 2.45) is 5.73 Å². The molecule has 0 radical (unpaired) electrons. The Labute approximate surface area is 141 Å². The lowest BCUT2D eigenvalue weighted by Crippen LogP contribution is -2.45. The van der Waals surface area contributed by atoms with E-state index in [1.807, 2.05) is 25.1 Å². The second-order valence-electron chi connectivity index (χ2n) is 5.54. The molecule has 2 aromatic rings. The fourth-order valence-electron chi connectivity index (χ4n) is 2.39. The maximum atomic E-state index is 12.7. The van der Waals surface area contributed by atoms with Crippen LogP contribution in [0.4, 0.5) is 5.69 Å². The lowest BCUT2D eigenvalue weighted by Gasteiger charge is -2.27. The zero-order chi connectivity index (χ0) is 17.5. The smallest absolute Gasteiger partial charge is 0.257 e. The molecular weight excluding hydrogens is 306 g/mol. The molecule has 2 rings (SSSR count). The molecule has 6 nitrogen and oxygen atoms in total. The van der Waals surface area contributed by atoms with Gasteiger partial charge in [0.25, 0.3) is 5.91 Å². The lowest BCUT2D eigenvalue weighted by molar-refractivity contribution is -0.120. The van der Waals surface area contributed by atoms with Crippen LogP contribution in [0.3, 0.4) is 0 Å². The number of carbonyl (C=O) groups is 2. The molecule has 24 heavy (non-hydrogen) atoms. The van der Waals surface area contributed by atoms with E-state index in [-0.39, 0.29) is 18.4 Å². The van der Waals surface area contributed by atoms with Crippen LogP contribution in [0.25, 0.3) is 0 Å². The first-order valence-corrected chi connectivity index (χ1v) is 8.01. The van der Waals surface area contributed by atoms with Gasteiger partial charge in [0.1, 0.15) is 18.1 Å². The summed E-state index contributed by atoms with van der Waals surface area (Å²) in [5, 5.41) is 2.83. The summed E-state index contributed by atoms with van der Waals surface area (Å²) in [5.41, 5.74) is 6.62. The minimum atomic E-state index is -0.603. The molecule has 1 aromatic heterocycles. The standard InChI is InChI=1S/C18H23N3O3/c1-3-9-21(18(23)14-10-16(11-19)24-12-14)13(2)17(22)20-15-7-5-4-6-8-15/h4-8,10,12-13H,3,9,11,19H2,1-2H3,(H,20,22). The van der Waals surface area contributed by atoms with Crippen LogP contribution in [0.15, 0.2) is 47.1 Å². The Morgan fingerprint density at radius 2 is 2.00 bits per heavy atom. The predicted molar refractivity (Wildman–Crippen MR) is 92.5 cm³/mol. The summed E-state index contributed by atoms with van der Waals surface area (Å²) >= 11 is 0. The molecule has 0 aliphatic carbocycles. The van der Waals surface area contributed by atoms with Crippen LogP contribution in [-0.4, -0.2) is 29.3 Å². The Balaban J connectivity index is 2.12. The van der Waals surface area contributed by atoms with Crippen molar-refractivity contribution < 1.29 is 14.0 Å². The van der Waals surface area contributed by atoms with Crippen molar-refractivity contribution in [2.75, 3.05) is 11.9 Å². The van der Waals surface area contributed by atoms with Gasteiger partial charge in [-0.3, -0.25) is 9.59 Å². The molecule has 128 valence electrons. The molecule has 0 saturated carbocycles. The van der Waals surface area contributed by atoms with E-state index in [9.17, 15) is 9.59 Å². The highest BCUT2D eigenvalue weighted by Gasteiger charge is 2.27. The molecule has 6 heteroatoms. The second kappa shape index (κ2) is 8.31. The van der Waals surface area contributed by atoms with Crippen LogP contribution in [0.1, 0.15) is 36.4 Å². The summed E-state index contributed by atoms with van der Waals surface area (Å²) in [6, 6.07) is 10.2. The molecule has 1 heterocycles. The summed E-state index contributed by atoms with van der Waals surface area (Å²) in [6.45, 7) is 4.38. The van der Waals surface area contributed by atoms with Gasteiger partial charge in [-0.2, -0.15) is 0 Å². The molecule has 0 aliphatic heterocycles. The number of anilines is 1. The SMILES string of the molecule is CCCN(C(=O)c1coc(CN)c1)C(C)C(=O)Nc1ccccc1. The number of hydrogen-bond donors (Lipinski definition) is 2. The van der Waals surface area contributed by atoms with Gasteiger partial charge >= 0.3 is 0 Å². The number of para-hydroxylation sites is 1. The number of rotatable bonds is 7. The van der Waals surface area contributed by atoms with Crippen LogP contribution in [0.2, 0.25) is 0 Å². The van der Waals surface area contributed by atoms with E-state index in [1.54, 1.807) is 30.0 Å². The Bertz CT molecular complexity index is 682. The Morgan fingerprint density at radius 1 is 1.29 bits per heavy atom. The molecule has 3 N–H and O–H groups in total. The van der Waals surface area contributed by atoms with E-state index in [2.05, 4.69) is 5.32 Å². The summed E-state index contributed by atoms with van der Waals surface area (Å²) in [5.74, 6) is 0.0674. The Hall–Kier alpha value is -2.60. The maximum Gasteiger partial charge on any atom is 0.257 e. The first kappa shape index (κ1) is 17.7. The first-order chi connectivity index (χ1) is 11.6.